The van der Waals surface area contributed by atoms with Crippen LogP contribution in [-0.2, 0) is 9.53 Å². The number of Topliss-reactive ketones (excluding diaryl/α,β-unsaturated/α-hetero) is 1. The summed E-state index contributed by atoms with van der Waals surface area (Å²) >= 11 is 0. The molecule has 16 heavy (non-hydrogen) atoms. The molecule has 0 radical (unpaired) electrons. The van der Waals surface area contributed by atoms with Gasteiger partial charge in [-0.25, -0.2) is 0 Å². The second-order valence-corrected chi connectivity index (χ2v) is 4.95. The van der Waals surface area contributed by atoms with Crippen LogP contribution in [0.15, 0.2) is 0 Å². The van der Waals surface area contributed by atoms with Crippen molar-refractivity contribution in [1.82, 2.24) is 0 Å². The maximum absolute atomic E-state index is 11.8. The van der Waals surface area contributed by atoms with Gasteiger partial charge in [-0.15, -0.1) is 0 Å². The molecule has 94 valence electrons. The summed E-state index contributed by atoms with van der Waals surface area (Å²) < 4.78 is 5.63. The van der Waals surface area contributed by atoms with Gasteiger partial charge in [-0.1, -0.05) is 26.7 Å². The van der Waals surface area contributed by atoms with Gasteiger partial charge in [0.1, 0.15) is 5.78 Å². The molecule has 0 N–H and O–H groups in total. The number of carbonyl (C=O) groups excluding carboxylic acids is 1. The molecule has 1 rings (SSSR count). The van der Waals surface area contributed by atoms with Crippen LogP contribution in [0, 0.1) is 5.92 Å². The Hall–Kier alpha value is -0.370. The Labute approximate surface area is 99.8 Å². The maximum Gasteiger partial charge on any atom is 0.133 e. The maximum atomic E-state index is 11.8. The van der Waals surface area contributed by atoms with Crippen LogP contribution in [0.5, 0.6) is 0 Å². The van der Waals surface area contributed by atoms with E-state index < -0.39 is 0 Å². The second-order valence-electron chi connectivity index (χ2n) is 4.95. The van der Waals surface area contributed by atoms with Gasteiger partial charge >= 0.3 is 0 Å². The van der Waals surface area contributed by atoms with E-state index in [-0.39, 0.29) is 0 Å². The molecule has 1 aliphatic rings. The van der Waals surface area contributed by atoms with Gasteiger partial charge in [0, 0.05) is 19.4 Å². The standard InChI is InChI=1S/C14H26O2/c1-3-12(4-2)11-13(15)8-9-14-7-5-6-10-16-14/h12,14H,3-11H2,1-2H3. The van der Waals surface area contributed by atoms with Gasteiger partial charge < -0.3 is 4.74 Å². The highest BCUT2D eigenvalue weighted by atomic mass is 16.5. The van der Waals surface area contributed by atoms with Crippen LogP contribution < -0.4 is 0 Å². The highest BCUT2D eigenvalue weighted by molar-refractivity contribution is 5.78. The third kappa shape index (κ3) is 5.11. The predicted molar refractivity (Wildman–Crippen MR) is 66.5 cm³/mol. The highest BCUT2D eigenvalue weighted by Gasteiger charge is 2.16. The summed E-state index contributed by atoms with van der Waals surface area (Å²) in [5.41, 5.74) is 0. The quantitative estimate of drug-likeness (QED) is 0.661. The Kier molecular flexibility index (Phi) is 6.70. The summed E-state index contributed by atoms with van der Waals surface area (Å²) in [6.45, 7) is 5.24. The third-order valence-electron chi connectivity index (χ3n) is 3.69. The summed E-state index contributed by atoms with van der Waals surface area (Å²) in [4.78, 5) is 11.8. The second kappa shape index (κ2) is 7.83. The molecule has 2 nitrogen and oxygen atoms in total. The van der Waals surface area contributed by atoms with Crippen molar-refractivity contribution in [1.29, 1.82) is 0 Å². The largest absolute Gasteiger partial charge is 0.378 e. The van der Waals surface area contributed by atoms with E-state index in [4.69, 9.17) is 4.74 Å². The molecule has 1 heterocycles. The van der Waals surface area contributed by atoms with E-state index in [0.29, 0.717) is 17.8 Å². The van der Waals surface area contributed by atoms with E-state index in [0.717, 1.165) is 45.1 Å². The van der Waals surface area contributed by atoms with E-state index in [2.05, 4.69) is 13.8 Å². The SMILES string of the molecule is CCC(CC)CC(=O)CCC1CCCCO1. The molecule has 1 aliphatic heterocycles. The van der Waals surface area contributed by atoms with Crippen molar-refractivity contribution < 1.29 is 9.53 Å². The van der Waals surface area contributed by atoms with Crippen molar-refractivity contribution in [3.63, 3.8) is 0 Å². The number of rotatable bonds is 7. The van der Waals surface area contributed by atoms with E-state index in [9.17, 15) is 4.79 Å². The van der Waals surface area contributed by atoms with Crippen LogP contribution in [0.4, 0.5) is 0 Å². The summed E-state index contributed by atoms with van der Waals surface area (Å²) in [5.74, 6) is 1.03. The van der Waals surface area contributed by atoms with Crippen LogP contribution in [0.25, 0.3) is 0 Å². The minimum atomic E-state index is 0.361. The highest BCUT2D eigenvalue weighted by Crippen LogP contribution is 2.19. The first-order chi connectivity index (χ1) is 7.76. The van der Waals surface area contributed by atoms with Crippen LogP contribution in [-0.4, -0.2) is 18.5 Å². The number of ether oxygens (including phenoxy) is 1. The number of ketones is 1. The molecule has 0 spiro atoms. The van der Waals surface area contributed by atoms with Gasteiger partial charge in [0.2, 0.25) is 0 Å². The van der Waals surface area contributed by atoms with E-state index in [1.54, 1.807) is 0 Å². The summed E-state index contributed by atoms with van der Waals surface area (Å²) in [5, 5.41) is 0. The van der Waals surface area contributed by atoms with Crippen molar-refractivity contribution in [3.8, 4) is 0 Å². The molecule has 0 aromatic heterocycles. The molecule has 2 heteroatoms. The molecule has 0 saturated carbocycles. The van der Waals surface area contributed by atoms with Gasteiger partial charge in [0.15, 0.2) is 0 Å². The third-order valence-corrected chi connectivity index (χ3v) is 3.69. The Balaban J connectivity index is 2.13. The lowest BCUT2D eigenvalue weighted by atomic mass is 9.94. The average molecular weight is 226 g/mol. The number of carbonyl (C=O) groups is 1. The fraction of sp³-hybridized carbons (Fsp3) is 0.929. The smallest absolute Gasteiger partial charge is 0.133 e. The van der Waals surface area contributed by atoms with Gasteiger partial charge in [-0.2, -0.15) is 0 Å². The lowest BCUT2D eigenvalue weighted by molar-refractivity contribution is -0.121. The molecular formula is C14H26O2. The predicted octanol–water partition coefficient (Wildman–Crippen LogP) is 3.73. The van der Waals surface area contributed by atoms with Crippen LogP contribution in [0.1, 0.15) is 65.2 Å². The summed E-state index contributed by atoms with van der Waals surface area (Å²) in [6, 6.07) is 0. The topological polar surface area (TPSA) is 26.3 Å². The molecular weight excluding hydrogens is 200 g/mol. The Bertz CT molecular complexity index is 191. The first-order valence-electron chi connectivity index (χ1n) is 6.89. The van der Waals surface area contributed by atoms with Crippen LogP contribution in [0.2, 0.25) is 0 Å². The monoisotopic (exact) mass is 226 g/mol. The molecule has 1 saturated heterocycles. The molecule has 0 bridgehead atoms. The zero-order valence-electron chi connectivity index (χ0n) is 10.8. The zero-order chi connectivity index (χ0) is 11.8. The van der Waals surface area contributed by atoms with Gasteiger partial charge in [0.05, 0.1) is 6.10 Å². The summed E-state index contributed by atoms with van der Waals surface area (Å²) in [7, 11) is 0. The molecule has 0 aliphatic carbocycles. The molecule has 1 unspecified atom stereocenters. The van der Waals surface area contributed by atoms with Crippen LogP contribution in [0.3, 0.4) is 0 Å². The number of hydrogen-bond acceptors (Lipinski definition) is 2. The van der Waals surface area contributed by atoms with E-state index in [1.165, 1.54) is 12.8 Å². The lowest BCUT2D eigenvalue weighted by Gasteiger charge is -2.22. The fourth-order valence-electron chi connectivity index (χ4n) is 2.36. The summed E-state index contributed by atoms with van der Waals surface area (Å²) in [6.07, 6.45) is 8.67. The fourth-order valence-corrected chi connectivity index (χ4v) is 2.36. The first kappa shape index (κ1) is 13.7. The molecule has 1 fully saturated rings. The normalized spacial score (nSPS) is 21.3. The van der Waals surface area contributed by atoms with Crippen molar-refractivity contribution >= 4 is 5.78 Å². The minimum Gasteiger partial charge on any atom is -0.378 e. The Morgan fingerprint density at radius 1 is 1.31 bits per heavy atom. The van der Waals surface area contributed by atoms with Crippen molar-refractivity contribution in [2.45, 2.75) is 71.3 Å². The number of hydrogen-bond donors (Lipinski definition) is 0. The molecule has 0 aromatic carbocycles. The van der Waals surface area contributed by atoms with E-state index >= 15 is 0 Å². The van der Waals surface area contributed by atoms with E-state index in [1.807, 2.05) is 0 Å². The lowest BCUT2D eigenvalue weighted by Crippen LogP contribution is -2.20. The van der Waals surface area contributed by atoms with Gasteiger partial charge in [-0.3, -0.25) is 4.79 Å². The average Bonchev–Trinajstić information content (AvgIpc) is 2.34. The zero-order valence-corrected chi connectivity index (χ0v) is 10.8. The van der Waals surface area contributed by atoms with Crippen molar-refractivity contribution in [2.75, 3.05) is 6.61 Å². The molecule has 0 amide bonds. The van der Waals surface area contributed by atoms with Gasteiger partial charge in [-0.05, 0) is 31.6 Å². The van der Waals surface area contributed by atoms with Crippen LogP contribution >= 0.6 is 0 Å². The van der Waals surface area contributed by atoms with Crippen molar-refractivity contribution in [3.05, 3.63) is 0 Å². The Morgan fingerprint density at radius 2 is 2.06 bits per heavy atom. The van der Waals surface area contributed by atoms with Gasteiger partial charge in [0.25, 0.3) is 0 Å². The van der Waals surface area contributed by atoms with Crippen molar-refractivity contribution in [2.24, 2.45) is 5.92 Å². The first-order valence-corrected chi connectivity index (χ1v) is 6.89. The molecule has 1 atom stereocenters. The minimum absolute atomic E-state index is 0.361. The Morgan fingerprint density at radius 3 is 2.62 bits per heavy atom. The molecule has 0 aromatic rings.